The van der Waals surface area contributed by atoms with Crippen molar-refractivity contribution in [3.05, 3.63) is 57.1 Å². The minimum absolute atomic E-state index is 0.201. The number of aromatic amines is 1. The number of nitrogens with one attached hydrogen (secondary N) is 2. The average Bonchev–Trinajstić information content (AvgIpc) is 2.42. The van der Waals surface area contributed by atoms with Gasteiger partial charge in [0.25, 0.3) is 11.1 Å². The van der Waals surface area contributed by atoms with Crippen LogP contribution in [-0.4, -0.2) is 22.9 Å². The van der Waals surface area contributed by atoms with E-state index < -0.39 is 0 Å². The molecule has 5 nitrogen and oxygen atoms in total. The van der Waals surface area contributed by atoms with Gasteiger partial charge in [-0.05, 0) is 24.3 Å². The Hall–Kier alpha value is -2.14. The molecule has 1 heterocycles. The zero-order valence-corrected chi connectivity index (χ0v) is 10.9. The average molecular weight is 259 g/mol. The summed E-state index contributed by atoms with van der Waals surface area (Å²) in [6, 6.07) is 6.80. The molecule has 0 unspecified atom stereocenters. The molecule has 1 aromatic carbocycles. The summed E-state index contributed by atoms with van der Waals surface area (Å²) in [5.41, 5.74) is 0.384. The summed E-state index contributed by atoms with van der Waals surface area (Å²) in [6.45, 7) is 7.66. The maximum atomic E-state index is 12.2. The van der Waals surface area contributed by atoms with E-state index in [4.69, 9.17) is 0 Å². The standard InChI is InChI=1S/C14H17N3O2/c1-3-15-8-10(2)9-17-14(19)12-7-5-4-6-11(12)13(18)16-17/h4-7,15H,2-3,8-9H2,1H3,(H,16,18). The quantitative estimate of drug-likeness (QED) is 0.782. The molecule has 0 aliphatic heterocycles. The predicted molar refractivity (Wildman–Crippen MR) is 76.5 cm³/mol. The molecule has 2 rings (SSSR count). The lowest BCUT2D eigenvalue weighted by atomic mass is 10.2. The van der Waals surface area contributed by atoms with Crippen molar-refractivity contribution in [2.45, 2.75) is 13.5 Å². The van der Waals surface area contributed by atoms with Crippen LogP contribution < -0.4 is 16.4 Å². The van der Waals surface area contributed by atoms with Crippen LogP contribution in [0, 0.1) is 0 Å². The van der Waals surface area contributed by atoms with Gasteiger partial charge in [-0.25, -0.2) is 4.68 Å². The van der Waals surface area contributed by atoms with Gasteiger partial charge in [0, 0.05) is 6.54 Å². The van der Waals surface area contributed by atoms with Gasteiger partial charge in [-0.3, -0.25) is 14.7 Å². The molecule has 0 bridgehead atoms. The summed E-state index contributed by atoms with van der Waals surface area (Å²) in [5.74, 6) is 0. The van der Waals surface area contributed by atoms with Crippen LogP contribution in [0.4, 0.5) is 0 Å². The van der Waals surface area contributed by atoms with Crippen molar-refractivity contribution in [2.75, 3.05) is 13.1 Å². The number of hydrogen-bond donors (Lipinski definition) is 2. The SMILES string of the molecule is C=C(CNCC)Cn1[nH]c(=O)c2ccccc2c1=O. The highest BCUT2D eigenvalue weighted by molar-refractivity contribution is 5.80. The lowest BCUT2D eigenvalue weighted by Gasteiger charge is -2.09. The molecule has 2 aromatic rings. The molecule has 0 saturated carbocycles. The van der Waals surface area contributed by atoms with Gasteiger partial charge in [0.05, 0.1) is 17.3 Å². The molecular formula is C14H17N3O2. The Balaban J connectivity index is 2.40. The minimum Gasteiger partial charge on any atom is -0.313 e. The third kappa shape index (κ3) is 2.82. The van der Waals surface area contributed by atoms with E-state index in [1.807, 2.05) is 6.92 Å². The molecule has 0 saturated heterocycles. The van der Waals surface area contributed by atoms with Crippen molar-refractivity contribution in [3.63, 3.8) is 0 Å². The van der Waals surface area contributed by atoms with E-state index in [1.165, 1.54) is 4.68 Å². The first-order valence-electron chi connectivity index (χ1n) is 6.22. The smallest absolute Gasteiger partial charge is 0.273 e. The van der Waals surface area contributed by atoms with Crippen LogP contribution >= 0.6 is 0 Å². The van der Waals surface area contributed by atoms with Gasteiger partial charge in [-0.15, -0.1) is 0 Å². The Morgan fingerprint density at radius 2 is 2.00 bits per heavy atom. The van der Waals surface area contributed by atoms with Crippen molar-refractivity contribution in [2.24, 2.45) is 0 Å². The third-order valence-corrected chi connectivity index (χ3v) is 2.89. The number of fused-ring (bicyclic) bond motifs is 1. The van der Waals surface area contributed by atoms with Crippen molar-refractivity contribution >= 4 is 10.8 Å². The lowest BCUT2D eigenvalue weighted by Crippen LogP contribution is -2.31. The summed E-state index contributed by atoms with van der Waals surface area (Å²) in [5, 5.41) is 6.57. The number of nitrogens with zero attached hydrogens (tertiary/aromatic N) is 1. The number of H-pyrrole nitrogens is 1. The Morgan fingerprint density at radius 3 is 2.68 bits per heavy atom. The second kappa shape index (κ2) is 5.67. The first-order chi connectivity index (χ1) is 9.13. The number of likely N-dealkylation sites (N-methyl/N-ethyl adjacent to an activating group) is 1. The van der Waals surface area contributed by atoms with E-state index in [0.29, 0.717) is 23.9 Å². The fourth-order valence-electron chi connectivity index (χ4n) is 1.94. The monoisotopic (exact) mass is 259 g/mol. The van der Waals surface area contributed by atoms with Crippen molar-refractivity contribution in [1.82, 2.24) is 15.1 Å². The van der Waals surface area contributed by atoms with Crippen LogP contribution in [-0.2, 0) is 6.54 Å². The van der Waals surface area contributed by atoms with Crippen molar-refractivity contribution in [3.8, 4) is 0 Å². The van der Waals surface area contributed by atoms with E-state index in [1.54, 1.807) is 24.3 Å². The fourth-order valence-corrected chi connectivity index (χ4v) is 1.94. The molecule has 2 N–H and O–H groups in total. The second-order valence-electron chi connectivity index (χ2n) is 4.41. The number of rotatable bonds is 5. The molecule has 100 valence electrons. The second-order valence-corrected chi connectivity index (χ2v) is 4.41. The van der Waals surface area contributed by atoms with E-state index >= 15 is 0 Å². The van der Waals surface area contributed by atoms with E-state index in [-0.39, 0.29) is 11.1 Å². The number of benzene rings is 1. The van der Waals surface area contributed by atoms with Crippen LogP contribution in [0.1, 0.15) is 6.92 Å². The molecule has 0 aliphatic rings. The lowest BCUT2D eigenvalue weighted by molar-refractivity contribution is 0.608. The first-order valence-corrected chi connectivity index (χ1v) is 6.22. The van der Waals surface area contributed by atoms with Crippen LogP contribution in [0.2, 0.25) is 0 Å². The van der Waals surface area contributed by atoms with Gasteiger partial charge >= 0.3 is 0 Å². The molecule has 0 radical (unpaired) electrons. The molecule has 5 heteroatoms. The molecule has 0 amide bonds. The van der Waals surface area contributed by atoms with Crippen LogP contribution in [0.25, 0.3) is 10.8 Å². The molecule has 1 aromatic heterocycles. The molecule has 0 atom stereocenters. The zero-order chi connectivity index (χ0) is 13.8. The van der Waals surface area contributed by atoms with Gasteiger partial charge in [-0.1, -0.05) is 25.6 Å². The maximum absolute atomic E-state index is 12.2. The molecular weight excluding hydrogens is 242 g/mol. The fraction of sp³-hybridized carbons (Fsp3) is 0.286. The van der Waals surface area contributed by atoms with Crippen LogP contribution in [0.3, 0.4) is 0 Å². The van der Waals surface area contributed by atoms with E-state index in [9.17, 15) is 9.59 Å². The molecule has 0 aliphatic carbocycles. The summed E-state index contributed by atoms with van der Waals surface area (Å²) < 4.78 is 1.31. The van der Waals surface area contributed by atoms with E-state index in [0.717, 1.165) is 12.1 Å². The summed E-state index contributed by atoms with van der Waals surface area (Å²) >= 11 is 0. The normalized spacial score (nSPS) is 10.8. The van der Waals surface area contributed by atoms with Gasteiger partial charge in [-0.2, -0.15) is 0 Å². The van der Waals surface area contributed by atoms with Crippen LogP contribution in [0.5, 0.6) is 0 Å². The zero-order valence-electron chi connectivity index (χ0n) is 10.9. The Labute approximate surface area is 110 Å². The predicted octanol–water partition coefficient (Wildman–Crippen LogP) is 0.855. The number of hydrogen-bond acceptors (Lipinski definition) is 3. The topological polar surface area (TPSA) is 66.9 Å². The summed E-state index contributed by atoms with van der Waals surface area (Å²) in [6.07, 6.45) is 0. The largest absolute Gasteiger partial charge is 0.313 e. The van der Waals surface area contributed by atoms with Gasteiger partial charge in [0.15, 0.2) is 0 Å². The molecule has 19 heavy (non-hydrogen) atoms. The Bertz CT molecular complexity index is 712. The maximum Gasteiger partial charge on any atom is 0.273 e. The highest BCUT2D eigenvalue weighted by atomic mass is 16.2. The van der Waals surface area contributed by atoms with Gasteiger partial charge < -0.3 is 5.32 Å². The highest BCUT2D eigenvalue weighted by Gasteiger charge is 2.07. The molecule has 0 fully saturated rings. The third-order valence-electron chi connectivity index (χ3n) is 2.89. The van der Waals surface area contributed by atoms with Crippen molar-refractivity contribution in [1.29, 1.82) is 0 Å². The van der Waals surface area contributed by atoms with E-state index in [2.05, 4.69) is 17.0 Å². The molecule has 0 spiro atoms. The Morgan fingerprint density at radius 1 is 1.32 bits per heavy atom. The number of aromatic nitrogens is 2. The van der Waals surface area contributed by atoms with Gasteiger partial charge in [0.2, 0.25) is 0 Å². The van der Waals surface area contributed by atoms with Crippen molar-refractivity contribution < 1.29 is 0 Å². The Kier molecular flexibility index (Phi) is 3.97. The van der Waals surface area contributed by atoms with Crippen LogP contribution in [0.15, 0.2) is 46.0 Å². The van der Waals surface area contributed by atoms with Gasteiger partial charge in [0.1, 0.15) is 0 Å². The summed E-state index contributed by atoms with van der Waals surface area (Å²) in [4.78, 5) is 24.1. The first kappa shape index (κ1) is 13.3. The highest BCUT2D eigenvalue weighted by Crippen LogP contribution is 2.03. The minimum atomic E-state index is -0.258. The summed E-state index contributed by atoms with van der Waals surface area (Å²) in [7, 11) is 0.